The number of fused-ring (bicyclic) bond motifs is 1. The number of alkyl carbamates (subject to hydrolysis) is 1. The molecule has 13 heteroatoms. The SMILES string of the molecule is COC(=O)N[C@@H](CC/C=C/C(=O)N(C)C)C(=O)Nc1cccn(Cc2nc3c(CC(C)C)c(F)c(F)cc3[nH]2)c1=O. The highest BCUT2D eigenvalue weighted by atomic mass is 19.2. The Bertz CT molecular complexity index is 1510. The number of imidazole rings is 1. The molecule has 0 saturated heterocycles. The van der Waals surface area contributed by atoms with E-state index in [-0.39, 0.29) is 48.9 Å². The van der Waals surface area contributed by atoms with Gasteiger partial charge in [0.2, 0.25) is 11.8 Å². The third-order valence-corrected chi connectivity index (χ3v) is 6.14. The van der Waals surface area contributed by atoms with Crippen LogP contribution in [0.5, 0.6) is 0 Å². The number of carbonyl (C=O) groups is 3. The molecule has 0 aliphatic heterocycles. The maximum atomic E-state index is 14.5. The molecule has 0 saturated carbocycles. The van der Waals surface area contributed by atoms with Crippen LogP contribution >= 0.6 is 0 Å². The van der Waals surface area contributed by atoms with Crippen molar-refractivity contribution in [3.8, 4) is 0 Å². The van der Waals surface area contributed by atoms with Gasteiger partial charge in [-0.05, 0) is 43.4 Å². The van der Waals surface area contributed by atoms with Gasteiger partial charge in [-0.25, -0.2) is 18.6 Å². The lowest BCUT2D eigenvalue weighted by molar-refractivity contribution is -0.123. The summed E-state index contributed by atoms with van der Waals surface area (Å²) in [6, 6.07) is 2.92. The summed E-state index contributed by atoms with van der Waals surface area (Å²) in [4.78, 5) is 58.5. The highest BCUT2D eigenvalue weighted by Crippen LogP contribution is 2.25. The number of aromatic amines is 1. The number of hydrogen-bond donors (Lipinski definition) is 3. The first kappa shape index (κ1) is 31.0. The quantitative estimate of drug-likeness (QED) is 0.301. The molecular weight excluding hydrogens is 538 g/mol. The van der Waals surface area contributed by atoms with Crippen LogP contribution in [0, 0.1) is 17.6 Å². The molecule has 3 aromatic rings. The van der Waals surface area contributed by atoms with Gasteiger partial charge in [-0.15, -0.1) is 0 Å². The van der Waals surface area contributed by atoms with E-state index >= 15 is 0 Å². The van der Waals surface area contributed by atoms with Gasteiger partial charge in [-0.2, -0.15) is 0 Å². The van der Waals surface area contributed by atoms with Crippen LogP contribution in [-0.2, 0) is 27.3 Å². The summed E-state index contributed by atoms with van der Waals surface area (Å²) in [5, 5.41) is 4.96. The van der Waals surface area contributed by atoms with Gasteiger partial charge >= 0.3 is 6.09 Å². The number of allylic oxidation sites excluding steroid dienone is 1. The van der Waals surface area contributed by atoms with Crippen LogP contribution in [0.3, 0.4) is 0 Å². The fourth-order valence-electron chi connectivity index (χ4n) is 4.08. The maximum absolute atomic E-state index is 14.5. The number of benzene rings is 1. The molecule has 1 atom stereocenters. The number of nitrogens with zero attached hydrogens (tertiary/aromatic N) is 3. The lowest BCUT2D eigenvalue weighted by atomic mass is 10.0. The summed E-state index contributed by atoms with van der Waals surface area (Å²) in [6.45, 7) is 3.71. The topological polar surface area (TPSA) is 138 Å². The molecular formula is C28H34F2N6O5. The fraction of sp³-hybridized carbons (Fsp3) is 0.393. The molecule has 1 aromatic carbocycles. The molecule has 3 N–H and O–H groups in total. The number of carbonyl (C=O) groups excluding carboxylic acids is 3. The number of pyridine rings is 1. The summed E-state index contributed by atoms with van der Waals surface area (Å²) in [7, 11) is 4.36. The first-order valence-electron chi connectivity index (χ1n) is 13.0. The van der Waals surface area contributed by atoms with Gasteiger partial charge in [0.25, 0.3) is 5.56 Å². The summed E-state index contributed by atoms with van der Waals surface area (Å²) >= 11 is 0. The van der Waals surface area contributed by atoms with Gasteiger partial charge in [-0.1, -0.05) is 19.9 Å². The number of H-pyrrole nitrogens is 1. The van der Waals surface area contributed by atoms with E-state index in [1.165, 1.54) is 27.8 Å². The van der Waals surface area contributed by atoms with Crippen molar-refractivity contribution in [3.63, 3.8) is 0 Å². The Morgan fingerprint density at radius 3 is 2.63 bits per heavy atom. The third-order valence-electron chi connectivity index (χ3n) is 6.14. The predicted octanol–water partition coefficient (Wildman–Crippen LogP) is 3.34. The maximum Gasteiger partial charge on any atom is 0.407 e. The van der Waals surface area contributed by atoms with Crippen LogP contribution < -0.4 is 16.2 Å². The Balaban J connectivity index is 1.80. The van der Waals surface area contributed by atoms with E-state index in [2.05, 4.69) is 25.3 Å². The first-order chi connectivity index (χ1) is 19.4. The van der Waals surface area contributed by atoms with E-state index in [9.17, 15) is 28.0 Å². The lowest BCUT2D eigenvalue weighted by Crippen LogP contribution is -2.44. The van der Waals surface area contributed by atoms with Crippen molar-refractivity contribution < 1.29 is 27.9 Å². The van der Waals surface area contributed by atoms with Crippen LogP contribution in [0.1, 0.15) is 38.1 Å². The fourth-order valence-corrected chi connectivity index (χ4v) is 4.08. The monoisotopic (exact) mass is 572 g/mol. The summed E-state index contributed by atoms with van der Waals surface area (Å²) in [5.41, 5.74) is 0.153. The van der Waals surface area contributed by atoms with E-state index in [1.807, 2.05) is 13.8 Å². The Morgan fingerprint density at radius 2 is 1.98 bits per heavy atom. The summed E-state index contributed by atoms with van der Waals surface area (Å²) in [6.07, 6.45) is 4.28. The van der Waals surface area contributed by atoms with Gasteiger partial charge in [0, 0.05) is 31.9 Å². The number of methoxy groups -OCH3 is 1. The molecule has 0 spiro atoms. The molecule has 2 heterocycles. The van der Waals surface area contributed by atoms with Crippen molar-refractivity contribution in [1.29, 1.82) is 0 Å². The van der Waals surface area contributed by atoms with E-state index < -0.39 is 35.2 Å². The van der Waals surface area contributed by atoms with Crippen molar-refractivity contribution in [2.24, 2.45) is 5.92 Å². The molecule has 0 aliphatic carbocycles. The zero-order chi connectivity index (χ0) is 30.3. The highest BCUT2D eigenvalue weighted by molar-refractivity contribution is 5.96. The van der Waals surface area contributed by atoms with E-state index in [0.717, 1.165) is 13.2 Å². The molecule has 11 nitrogen and oxygen atoms in total. The molecule has 0 bridgehead atoms. The number of anilines is 1. The van der Waals surface area contributed by atoms with E-state index in [0.29, 0.717) is 16.9 Å². The Morgan fingerprint density at radius 1 is 1.24 bits per heavy atom. The number of likely N-dealkylation sites (N-methyl/N-ethyl adjacent to an activating group) is 1. The number of rotatable bonds is 11. The van der Waals surface area contributed by atoms with Gasteiger partial charge < -0.3 is 29.8 Å². The van der Waals surface area contributed by atoms with Crippen LogP contribution in [0.25, 0.3) is 11.0 Å². The second kappa shape index (κ2) is 13.7. The number of amides is 3. The number of aromatic nitrogens is 3. The van der Waals surface area contributed by atoms with Crippen molar-refractivity contribution in [1.82, 2.24) is 24.8 Å². The van der Waals surface area contributed by atoms with Crippen molar-refractivity contribution >= 4 is 34.6 Å². The molecule has 0 radical (unpaired) electrons. The minimum Gasteiger partial charge on any atom is -0.453 e. The van der Waals surface area contributed by atoms with Gasteiger partial charge in [0.15, 0.2) is 11.6 Å². The zero-order valence-corrected chi connectivity index (χ0v) is 23.6. The average Bonchev–Trinajstić information content (AvgIpc) is 3.31. The molecule has 0 fully saturated rings. The molecule has 2 aromatic heterocycles. The molecule has 3 rings (SSSR count). The second-order valence-electron chi connectivity index (χ2n) is 10.1. The van der Waals surface area contributed by atoms with Crippen LogP contribution in [0.2, 0.25) is 0 Å². The van der Waals surface area contributed by atoms with Crippen molar-refractivity contribution in [2.75, 3.05) is 26.5 Å². The second-order valence-corrected chi connectivity index (χ2v) is 10.1. The smallest absolute Gasteiger partial charge is 0.407 e. The van der Waals surface area contributed by atoms with Crippen LogP contribution in [0.4, 0.5) is 19.3 Å². The third kappa shape index (κ3) is 7.99. The zero-order valence-electron chi connectivity index (χ0n) is 23.6. The van der Waals surface area contributed by atoms with Crippen molar-refractivity contribution in [2.45, 2.75) is 45.7 Å². The minimum absolute atomic E-state index is 0.0545. The first-order valence-corrected chi connectivity index (χ1v) is 13.0. The van der Waals surface area contributed by atoms with Crippen LogP contribution in [0.15, 0.2) is 41.3 Å². The normalized spacial score (nSPS) is 12.1. The standard InChI is InChI=1S/C28H34F2N6O5/c1-16(2)13-17-24(30)18(29)14-21-25(17)34-22(31-21)15-36-12-8-10-20(27(36)39)32-26(38)19(33-28(40)41-5)9-6-7-11-23(37)35(3)4/h7-8,10-12,14,16,19H,6,9,13,15H2,1-5H3,(H,31,34)(H,32,38)(H,33,40)/b11-7+/t19-/m0/s1. The Hall–Kier alpha value is -4.55. The molecule has 41 heavy (non-hydrogen) atoms. The number of hydrogen-bond acceptors (Lipinski definition) is 6. The molecule has 0 aliphatic rings. The van der Waals surface area contributed by atoms with Gasteiger partial charge in [0.05, 0.1) is 24.7 Å². The minimum atomic E-state index is -1.06. The average molecular weight is 573 g/mol. The van der Waals surface area contributed by atoms with Crippen LogP contribution in [-0.4, -0.2) is 64.6 Å². The predicted molar refractivity (Wildman–Crippen MR) is 149 cm³/mol. The summed E-state index contributed by atoms with van der Waals surface area (Å²) < 4.78 is 34.6. The lowest BCUT2D eigenvalue weighted by Gasteiger charge is -2.17. The summed E-state index contributed by atoms with van der Waals surface area (Å²) in [5.74, 6) is -2.46. The number of ether oxygens (including phenoxy) is 1. The Kier molecular flexibility index (Phi) is 10.3. The molecule has 3 amide bonds. The van der Waals surface area contributed by atoms with E-state index in [4.69, 9.17) is 0 Å². The largest absolute Gasteiger partial charge is 0.453 e. The van der Waals surface area contributed by atoms with E-state index in [1.54, 1.807) is 26.2 Å². The highest BCUT2D eigenvalue weighted by Gasteiger charge is 2.22. The van der Waals surface area contributed by atoms with Gasteiger partial charge in [-0.3, -0.25) is 14.4 Å². The number of nitrogens with one attached hydrogen (secondary N) is 3. The molecule has 0 unspecified atom stereocenters. The molecule has 220 valence electrons. The Labute approximate surface area is 235 Å². The number of halogens is 2. The van der Waals surface area contributed by atoms with Crippen molar-refractivity contribution in [3.05, 3.63) is 69.9 Å². The van der Waals surface area contributed by atoms with Gasteiger partial charge in [0.1, 0.15) is 17.6 Å².